The third kappa shape index (κ3) is 5.31. The van der Waals surface area contributed by atoms with Crippen molar-refractivity contribution in [2.24, 2.45) is 0 Å². The number of benzene rings is 2. The van der Waals surface area contributed by atoms with Crippen molar-refractivity contribution in [2.75, 3.05) is 28.2 Å². The molecule has 0 aliphatic carbocycles. The summed E-state index contributed by atoms with van der Waals surface area (Å²) in [7, 11) is 6.85. The molecule has 0 unspecified atom stereocenters. The highest BCUT2D eigenvalue weighted by Crippen LogP contribution is 2.49. The van der Waals surface area contributed by atoms with Gasteiger partial charge in [-0.2, -0.15) is 0 Å². The van der Waals surface area contributed by atoms with Crippen LogP contribution in [0.25, 0.3) is 64.2 Å². The maximum Gasteiger partial charge on any atom is 0.261 e. The second kappa shape index (κ2) is 13.5. The average molecular weight is 837 g/mol. The number of hydrogen-bond donors (Lipinski definition) is 0. The molecular weight excluding hydrogens is 805 g/mol. The van der Waals surface area contributed by atoms with Crippen LogP contribution in [-0.4, -0.2) is 71.9 Å². The van der Waals surface area contributed by atoms with Crippen LogP contribution in [0.4, 0.5) is 0 Å². The molecule has 0 fully saturated rings. The summed E-state index contributed by atoms with van der Waals surface area (Å²) in [5.41, 5.74) is 7.18. The Kier molecular flexibility index (Phi) is 8.43. The maximum atomic E-state index is 14.1. The summed E-state index contributed by atoms with van der Waals surface area (Å²) in [6.07, 6.45) is 0.735. The van der Waals surface area contributed by atoms with Crippen LogP contribution >= 0.6 is 45.3 Å². The molecule has 4 amide bonds. The van der Waals surface area contributed by atoms with Crippen LogP contribution < -0.4 is 0 Å². The fourth-order valence-electron chi connectivity index (χ4n) is 8.27. The van der Waals surface area contributed by atoms with Gasteiger partial charge in [0.25, 0.3) is 17.7 Å². The zero-order valence-corrected chi connectivity index (χ0v) is 35.0. The Morgan fingerprint density at radius 2 is 1.16 bits per heavy atom. The molecule has 0 radical (unpaired) electrons. The number of likely N-dealkylation sites (N-methyl/N-ethyl adjacent to an activating group) is 3. The number of carbonyl (C=O) groups excluding carboxylic acids is 4. The first-order valence-corrected chi connectivity index (χ1v) is 21.7. The van der Waals surface area contributed by atoms with Gasteiger partial charge in [0.05, 0.1) is 49.3 Å². The zero-order valence-electron chi connectivity index (χ0n) is 31.8. The summed E-state index contributed by atoms with van der Waals surface area (Å²) in [6.45, 7) is 1.92. The van der Waals surface area contributed by atoms with Gasteiger partial charge < -0.3 is 24.0 Å². The zero-order chi connectivity index (χ0) is 40.1. The maximum absolute atomic E-state index is 14.1. The summed E-state index contributed by atoms with van der Waals surface area (Å²) < 4.78 is 6.52. The number of carbonyl (C=O) groups is 4. The molecule has 0 N–H and O–H groups in total. The first-order valence-electron chi connectivity index (χ1n) is 18.3. The van der Waals surface area contributed by atoms with Gasteiger partial charge in [0.2, 0.25) is 6.41 Å². The highest BCUT2D eigenvalue weighted by Gasteiger charge is 2.47. The van der Waals surface area contributed by atoms with E-state index >= 15 is 0 Å². The Morgan fingerprint density at radius 1 is 0.621 bits per heavy atom. The van der Waals surface area contributed by atoms with Crippen molar-refractivity contribution in [3.63, 3.8) is 0 Å². The largest absolute Gasteiger partial charge is 0.456 e. The first kappa shape index (κ1) is 36.2. The minimum Gasteiger partial charge on any atom is -0.456 e. The van der Waals surface area contributed by atoms with Gasteiger partial charge in [-0.3, -0.25) is 19.2 Å². The predicted molar refractivity (Wildman–Crippen MR) is 234 cm³/mol. The van der Waals surface area contributed by atoms with Crippen molar-refractivity contribution in [3.8, 4) is 19.5 Å². The first-order chi connectivity index (χ1) is 28.0. The standard InChI is InChI=1S/C45H32N4O5S4/c1-23-36(41(46(2)22-50)34-16-14-32(57-34)30-8-6-18-55-30)43(51)47(3)39(23)24-10-12-26-27-13-11-25(21-29(27)54-28(26)20-24)40-37-38(45(53)48(40)4)42(49(5)44(37)52)35-17-15-33(58-35)31-9-7-19-56-31/h6-22H,1-5H3/b41-36+. The normalized spacial score (nSPS) is 16.8. The van der Waals surface area contributed by atoms with Crippen molar-refractivity contribution in [1.82, 2.24) is 19.6 Å². The Labute approximate surface area is 348 Å². The van der Waals surface area contributed by atoms with Crippen LogP contribution in [0.15, 0.2) is 122 Å². The molecule has 0 spiro atoms. The van der Waals surface area contributed by atoms with E-state index < -0.39 is 0 Å². The van der Waals surface area contributed by atoms with Gasteiger partial charge >= 0.3 is 0 Å². The van der Waals surface area contributed by atoms with E-state index in [0.717, 1.165) is 63.3 Å². The molecule has 58 heavy (non-hydrogen) atoms. The number of rotatable bonds is 8. The molecule has 0 saturated heterocycles. The third-order valence-electron chi connectivity index (χ3n) is 11.0. The van der Waals surface area contributed by atoms with Crippen LogP contribution in [0, 0.1) is 0 Å². The number of thiophene rings is 4. The summed E-state index contributed by atoms with van der Waals surface area (Å²) >= 11 is 6.41. The van der Waals surface area contributed by atoms with Crippen LogP contribution in [0.3, 0.4) is 0 Å². The minimum atomic E-state index is -0.227. The summed E-state index contributed by atoms with van der Waals surface area (Å²) in [6, 6.07) is 27.8. The molecule has 0 bridgehead atoms. The molecule has 13 heteroatoms. The fraction of sp³-hybridized carbons (Fsp3) is 0.111. The fourth-order valence-corrected chi connectivity index (χ4v) is 12.1. The van der Waals surface area contributed by atoms with Gasteiger partial charge in [-0.25, -0.2) is 0 Å². The molecule has 10 rings (SSSR count). The molecule has 7 aromatic rings. The number of hydrogen-bond acceptors (Lipinski definition) is 9. The van der Waals surface area contributed by atoms with E-state index in [1.165, 1.54) is 4.90 Å². The lowest BCUT2D eigenvalue weighted by Gasteiger charge is -2.19. The van der Waals surface area contributed by atoms with Crippen molar-refractivity contribution >= 4 is 114 Å². The van der Waals surface area contributed by atoms with Crippen molar-refractivity contribution in [3.05, 3.63) is 139 Å². The number of fused-ring (bicyclic) bond motifs is 4. The van der Waals surface area contributed by atoms with Crippen LogP contribution in [0.1, 0.15) is 27.8 Å². The third-order valence-corrected chi connectivity index (χ3v) is 15.3. The number of amides is 4. The molecule has 0 atom stereocenters. The highest BCUT2D eigenvalue weighted by atomic mass is 32.1. The van der Waals surface area contributed by atoms with Crippen molar-refractivity contribution in [2.45, 2.75) is 6.92 Å². The van der Waals surface area contributed by atoms with Crippen LogP contribution in [-0.2, 0) is 19.2 Å². The van der Waals surface area contributed by atoms with E-state index in [1.807, 2.05) is 90.5 Å². The van der Waals surface area contributed by atoms with Gasteiger partial charge in [0, 0.05) is 69.6 Å². The van der Waals surface area contributed by atoms with Gasteiger partial charge in [-0.15, -0.1) is 45.3 Å². The lowest BCUT2D eigenvalue weighted by Crippen LogP contribution is -2.24. The SMILES string of the molecule is CC1=C(c2ccc3c(c2)oc2cc(C4=C5C(=O)N(C)C(c6ccc(-c7cccs7)s6)=C5C(=O)N4C)ccc23)N(C)C(=O)/C1=C(\c1ccc(-c2cccs2)s1)N(C)C=O. The van der Waals surface area contributed by atoms with E-state index in [4.69, 9.17) is 4.42 Å². The quantitative estimate of drug-likeness (QED) is 0.112. The van der Waals surface area contributed by atoms with Gasteiger partial charge in [-0.1, -0.05) is 24.3 Å². The van der Waals surface area contributed by atoms with E-state index in [1.54, 1.807) is 88.2 Å². The Morgan fingerprint density at radius 3 is 1.76 bits per heavy atom. The van der Waals surface area contributed by atoms with Gasteiger partial charge in [-0.05, 0) is 83.9 Å². The molecule has 3 aliphatic rings. The molecule has 2 aromatic carbocycles. The molecular formula is C45H32N4O5S4. The Balaban J connectivity index is 1.05. The van der Waals surface area contributed by atoms with Crippen molar-refractivity contribution in [1.29, 1.82) is 0 Å². The summed E-state index contributed by atoms with van der Waals surface area (Å²) in [5.74, 6) is -0.656. The monoisotopic (exact) mass is 836 g/mol. The topological polar surface area (TPSA) is 94.4 Å². The summed E-state index contributed by atoms with van der Waals surface area (Å²) in [5, 5.41) is 5.83. The molecule has 8 heterocycles. The van der Waals surface area contributed by atoms with Gasteiger partial charge in [0.1, 0.15) is 11.2 Å². The van der Waals surface area contributed by atoms with Crippen LogP contribution in [0.2, 0.25) is 0 Å². The highest BCUT2D eigenvalue weighted by molar-refractivity contribution is 7.22. The van der Waals surface area contributed by atoms with Crippen LogP contribution in [0.5, 0.6) is 0 Å². The minimum absolute atomic E-state index is 0.202. The van der Waals surface area contributed by atoms with E-state index in [2.05, 4.69) is 12.1 Å². The predicted octanol–water partition coefficient (Wildman–Crippen LogP) is 9.93. The molecule has 3 aliphatic heterocycles. The van der Waals surface area contributed by atoms with E-state index in [0.29, 0.717) is 50.5 Å². The van der Waals surface area contributed by atoms with E-state index in [-0.39, 0.29) is 17.7 Å². The number of nitrogens with zero attached hydrogens (tertiary/aromatic N) is 4. The second-order valence-electron chi connectivity index (χ2n) is 14.3. The molecule has 5 aromatic heterocycles. The smallest absolute Gasteiger partial charge is 0.261 e. The molecule has 0 saturated carbocycles. The van der Waals surface area contributed by atoms with E-state index in [9.17, 15) is 19.2 Å². The Bertz CT molecular complexity index is 3060. The Hall–Kier alpha value is -6.12. The number of furan rings is 1. The average Bonchev–Trinajstić information content (AvgIpc) is 4.09. The lowest BCUT2D eigenvalue weighted by molar-refractivity contribution is -0.123. The van der Waals surface area contributed by atoms with Crippen molar-refractivity contribution < 1.29 is 23.6 Å². The lowest BCUT2D eigenvalue weighted by atomic mass is 10.0. The van der Waals surface area contributed by atoms with Gasteiger partial charge in [0.15, 0.2) is 0 Å². The second-order valence-corrected chi connectivity index (χ2v) is 18.3. The molecule has 9 nitrogen and oxygen atoms in total. The summed E-state index contributed by atoms with van der Waals surface area (Å²) in [4.78, 5) is 66.6. The molecule has 286 valence electrons.